The summed E-state index contributed by atoms with van der Waals surface area (Å²) in [5.41, 5.74) is 4.42. The number of fused-ring (bicyclic) bond motifs is 1. The van der Waals surface area contributed by atoms with Gasteiger partial charge in [0.05, 0.1) is 10.5 Å². The number of ether oxygens (including phenoxy) is 2. The zero-order chi connectivity index (χ0) is 35.3. The van der Waals surface area contributed by atoms with Crippen molar-refractivity contribution in [3.8, 4) is 11.1 Å². The lowest BCUT2D eigenvalue weighted by Gasteiger charge is -2.35. The first-order valence-electron chi connectivity index (χ1n) is 16.9. The molecule has 0 aliphatic carbocycles. The van der Waals surface area contributed by atoms with Gasteiger partial charge in [0.1, 0.15) is 11.4 Å². The standard InChI is InChI=1S/C38H46ClFN4O5/c1-24-34-31(40)15-14-30(39)36(34)44(18-7-19-48-5)35(24)28-8-6-17-43(23-28)33(46)21-29(42-37(47)49-38(2,3)4)20-25-9-11-26(12-10-25)27-13-16-32(45)41-22-27/h9-16,22,28-29H,6-8,17-21,23H2,1-5H3,(H,41,45)(H,42,47). The van der Waals surface area contributed by atoms with E-state index < -0.39 is 17.7 Å². The van der Waals surface area contributed by atoms with E-state index in [4.69, 9.17) is 21.1 Å². The van der Waals surface area contributed by atoms with Gasteiger partial charge in [-0.25, -0.2) is 9.18 Å². The predicted octanol–water partition coefficient (Wildman–Crippen LogP) is 7.37. The van der Waals surface area contributed by atoms with E-state index in [2.05, 4.69) is 14.9 Å². The number of benzene rings is 2. The van der Waals surface area contributed by atoms with Crippen LogP contribution in [0.25, 0.3) is 22.0 Å². The summed E-state index contributed by atoms with van der Waals surface area (Å²) in [5, 5.41) is 3.96. The number of alkyl carbamates (subject to hydrolysis) is 1. The molecule has 2 amide bonds. The number of carbonyl (C=O) groups is 2. The lowest BCUT2D eigenvalue weighted by atomic mass is 9.91. The molecule has 0 radical (unpaired) electrons. The molecule has 3 heterocycles. The number of halogens is 2. The van der Waals surface area contributed by atoms with Crippen molar-refractivity contribution >= 4 is 34.5 Å². The summed E-state index contributed by atoms with van der Waals surface area (Å²) >= 11 is 6.66. The minimum absolute atomic E-state index is 0.0131. The van der Waals surface area contributed by atoms with Gasteiger partial charge in [-0.05, 0) is 93.8 Å². The number of carbonyl (C=O) groups excluding carboxylic acids is 2. The first-order chi connectivity index (χ1) is 23.3. The Balaban J connectivity index is 1.36. The molecule has 0 saturated carbocycles. The third-order valence-corrected chi connectivity index (χ3v) is 9.29. The van der Waals surface area contributed by atoms with Crippen LogP contribution in [-0.4, -0.2) is 64.9 Å². The van der Waals surface area contributed by atoms with Gasteiger partial charge < -0.3 is 29.2 Å². The number of pyridine rings is 1. The highest BCUT2D eigenvalue weighted by Gasteiger charge is 2.32. The highest BCUT2D eigenvalue weighted by molar-refractivity contribution is 6.35. The number of aromatic amines is 1. The molecule has 2 aromatic carbocycles. The van der Waals surface area contributed by atoms with Crippen LogP contribution < -0.4 is 10.9 Å². The second-order valence-electron chi connectivity index (χ2n) is 13.8. The number of rotatable bonds is 11. The molecule has 1 aliphatic rings. The highest BCUT2D eigenvalue weighted by Crippen LogP contribution is 2.39. The molecule has 2 unspecified atom stereocenters. The fourth-order valence-electron chi connectivity index (χ4n) is 6.86. The Morgan fingerprint density at radius 1 is 1.10 bits per heavy atom. The van der Waals surface area contributed by atoms with Gasteiger partial charge in [-0.2, -0.15) is 0 Å². The van der Waals surface area contributed by atoms with Gasteiger partial charge in [-0.1, -0.05) is 35.9 Å². The van der Waals surface area contributed by atoms with Crippen molar-refractivity contribution in [3.63, 3.8) is 0 Å². The van der Waals surface area contributed by atoms with E-state index in [1.54, 1.807) is 46.2 Å². The third kappa shape index (κ3) is 8.91. The lowest BCUT2D eigenvalue weighted by Crippen LogP contribution is -2.46. The predicted molar refractivity (Wildman–Crippen MR) is 191 cm³/mol. The van der Waals surface area contributed by atoms with Crippen molar-refractivity contribution in [1.82, 2.24) is 19.8 Å². The van der Waals surface area contributed by atoms with Crippen molar-refractivity contribution in [2.75, 3.05) is 26.8 Å². The quantitative estimate of drug-likeness (QED) is 0.160. The Morgan fingerprint density at radius 3 is 2.51 bits per heavy atom. The average Bonchev–Trinajstić information content (AvgIpc) is 3.35. The van der Waals surface area contributed by atoms with E-state index in [-0.39, 0.29) is 29.6 Å². The van der Waals surface area contributed by atoms with E-state index in [0.717, 1.165) is 47.2 Å². The number of H-pyrrole nitrogens is 1. The fraction of sp³-hybridized carbons (Fsp3) is 0.447. The maximum atomic E-state index is 15.2. The number of aromatic nitrogens is 2. The Hall–Kier alpha value is -4.15. The normalized spacial score (nSPS) is 15.7. The van der Waals surface area contributed by atoms with Gasteiger partial charge in [-0.15, -0.1) is 0 Å². The van der Waals surface area contributed by atoms with Gasteiger partial charge >= 0.3 is 6.09 Å². The second kappa shape index (κ2) is 15.6. The fourth-order valence-corrected chi connectivity index (χ4v) is 7.12. The average molecular weight is 693 g/mol. The van der Waals surface area contributed by atoms with Gasteiger partial charge in [0.2, 0.25) is 11.5 Å². The number of piperidine rings is 1. The molecule has 1 fully saturated rings. The third-order valence-electron chi connectivity index (χ3n) is 8.98. The van der Waals surface area contributed by atoms with Crippen molar-refractivity contribution in [2.45, 2.75) is 83.9 Å². The van der Waals surface area contributed by atoms with Crippen molar-refractivity contribution in [1.29, 1.82) is 0 Å². The molecule has 1 aliphatic heterocycles. The smallest absolute Gasteiger partial charge is 0.407 e. The van der Waals surface area contributed by atoms with Crippen LogP contribution in [-0.2, 0) is 27.2 Å². The van der Waals surface area contributed by atoms with Crippen LogP contribution in [0, 0.1) is 12.7 Å². The summed E-state index contributed by atoms with van der Waals surface area (Å²) in [6, 6.07) is 13.6. The molecule has 9 nitrogen and oxygen atoms in total. The minimum Gasteiger partial charge on any atom is -0.444 e. The number of hydrogen-bond acceptors (Lipinski definition) is 5. The summed E-state index contributed by atoms with van der Waals surface area (Å²) in [4.78, 5) is 42.9. The van der Waals surface area contributed by atoms with E-state index in [9.17, 15) is 14.4 Å². The van der Waals surface area contributed by atoms with Crippen LogP contribution in [0.3, 0.4) is 0 Å². The van der Waals surface area contributed by atoms with Crippen LogP contribution >= 0.6 is 11.6 Å². The molecular formula is C38H46ClFN4O5. The molecular weight excluding hydrogens is 647 g/mol. The van der Waals surface area contributed by atoms with Crippen molar-refractivity contribution < 1.29 is 23.5 Å². The molecule has 4 aromatic rings. The number of methoxy groups -OCH3 is 1. The summed E-state index contributed by atoms with van der Waals surface area (Å²) < 4.78 is 28.2. The number of nitrogens with zero attached hydrogens (tertiary/aromatic N) is 2. The van der Waals surface area contributed by atoms with Gasteiger partial charge in [0, 0.05) is 75.1 Å². The van der Waals surface area contributed by atoms with Crippen LogP contribution in [0.2, 0.25) is 5.02 Å². The van der Waals surface area contributed by atoms with Gasteiger partial charge in [0.25, 0.3) is 0 Å². The number of amides is 2. The Kier molecular flexibility index (Phi) is 11.5. The number of nitrogens with one attached hydrogen (secondary N) is 2. The molecule has 2 aromatic heterocycles. The van der Waals surface area contributed by atoms with E-state index in [1.165, 1.54) is 12.1 Å². The minimum atomic E-state index is -0.695. The first kappa shape index (κ1) is 36.1. The van der Waals surface area contributed by atoms with E-state index in [0.29, 0.717) is 48.6 Å². The van der Waals surface area contributed by atoms with Crippen molar-refractivity contribution in [2.24, 2.45) is 0 Å². The van der Waals surface area contributed by atoms with Gasteiger partial charge in [0.15, 0.2) is 0 Å². The van der Waals surface area contributed by atoms with Crippen LogP contribution in [0.1, 0.15) is 69.2 Å². The summed E-state index contributed by atoms with van der Waals surface area (Å²) in [6.07, 6.45) is 3.97. The topological polar surface area (TPSA) is 106 Å². The van der Waals surface area contributed by atoms with Gasteiger partial charge in [-0.3, -0.25) is 9.59 Å². The van der Waals surface area contributed by atoms with Crippen LogP contribution in [0.15, 0.2) is 59.5 Å². The molecule has 49 heavy (non-hydrogen) atoms. The lowest BCUT2D eigenvalue weighted by molar-refractivity contribution is -0.132. The molecule has 11 heteroatoms. The molecule has 1 saturated heterocycles. The Labute approximate surface area is 291 Å². The molecule has 0 spiro atoms. The summed E-state index contributed by atoms with van der Waals surface area (Å²) in [5.74, 6) is -0.393. The molecule has 262 valence electrons. The Bertz CT molecular complexity index is 1830. The van der Waals surface area contributed by atoms with Crippen molar-refractivity contribution in [3.05, 3.63) is 92.7 Å². The number of aryl methyl sites for hydroxylation is 2. The van der Waals surface area contributed by atoms with Crippen LogP contribution in [0.5, 0.6) is 0 Å². The zero-order valence-corrected chi connectivity index (χ0v) is 29.7. The second-order valence-corrected chi connectivity index (χ2v) is 14.2. The molecule has 5 rings (SSSR count). The van der Waals surface area contributed by atoms with Crippen LogP contribution in [0.4, 0.5) is 9.18 Å². The zero-order valence-electron chi connectivity index (χ0n) is 28.9. The molecule has 0 bridgehead atoms. The SMILES string of the molecule is COCCCn1c(C2CCCN(C(=O)CC(Cc3ccc(-c4ccc(=O)[nH]c4)cc3)NC(=O)OC(C)(C)C)C2)c(C)c2c(F)ccc(Cl)c21. The maximum absolute atomic E-state index is 15.2. The van der Waals surface area contributed by atoms with E-state index >= 15 is 4.39 Å². The van der Waals surface area contributed by atoms with E-state index in [1.807, 2.05) is 36.1 Å². The maximum Gasteiger partial charge on any atom is 0.407 e. The first-order valence-corrected chi connectivity index (χ1v) is 17.2. The largest absolute Gasteiger partial charge is 0.444 e. The highest BCUT2D eigenvalue weighted by atomic mass is 35.5. The molecule has 2 atom stereocenters. The monoisotopic (exact) mass is 692 g/mol. The summed E-state index contributed by atoms with van der Waals surface area (Å²) in [7, 11) is 1.66. The Morgan fingerprint density at radius 2 is 1.84 bits per heavy atom. The number of hydrogen-bond donors (Lipinski definition) is 2. The number of likely N-dealkylation sites (tertiary alicyclic amines) is 1. The summed E-state index contributed by atoms with van der Waals surface area (Å²) in [6.45, 7) is 9.58. The molecule has 2 N–H and O–H groups in total.